The van der Waals surface area contributed by atoms with Crippen LogP contribution < -0.4 is 5.73 Å². The number of hydrogen-bond acceptors (Lipinski definition) is 2. The molecule has 2 N–H and O–H groups in total. The SMILES string of the molecule is Cc1cccc(-c2cscc2CN)c1. The van der Waals surface area contributed by atoms with Crippen LogP contribution in [0.15, 0.2) is 35.0 Å². The fourth-order valence-corrected chi connectivity index (χ4v) is 2.43. The Hall–Kier alpha value is -1.12. The molecule has 0 bridgehead atoms. The molecule has 0 aliphatic rings. The van der Waals surface area contributed by atoms with Gasteiger partial charge in [-0.3, -0.25) is 0 Å². The van der Waals surface area contributed by atoms with Gasteiger partial charge in [0.25, 0.3) is 0 Å². The van der Waals surface area contributed by atoms with Crippen molar-refractivity contribution in [1.29, 1.82) is 0 Å². The molecule has 0 aliphatic heterocycles. The molecule has 0 saturated carbocycles. The molecule has 1 heterocycles. The number of benzene rings is 1. The summed E-state index contributed by atoms with van der Waals surface area (Å²) in [4.78, 5) is 0. The number of rotatable bonds is 2. The van der Waals surface area contributed by atoms with Crippen molar-refractivity contribution in [3.05, 3.63) is 46.2 Å². The Bertz CT molecular complexity index is 431. The molecule has 72 valence electrons. The minimum absolute atomic E-state index is 0.618. The largest absolute Gasteiger partial charge is 0.326 e. The standard InChI is InChI=1S/C12H13NS/c1-9-3-2-4-10(5-9)12-8-14-7-11(12)6-13/h2-5,7-8H,6,13H2,1H3. The quantitative estimate of drug-likeness (QED) is 0.797. The first kappa shape index (κ1) is 9.44. The van der Waals surface area contributed by atoms with Gasteiger partial charge in [-0.25, -0.2) is 0 Å². The van der Waals surface area contributed by atoms with E-state index in [0.717, 1.165) is 0 Å². The highest BCUT2D eigenvalue weighted by molar-refractivity contribution is 7.08. The molecule has 0 unspecified atom stereocenters. The molecule has 0 spiro atoms. The van der Waals surface area contributed by atoms with E-state index in [2.05, 4.69) is 41.9 Å². The van der Waals surface area contributed by atoms with Crippen molar-refractivity contribution in [3.8, 4) is 11.1 Å². The first-order valence-corrected chi connectivity index (χ1v) is 5.57. The van der Waals surface area contributed by atoms with E-state index in [0.29, 0.717) is 6.54 Å². The molecule has 0 atom stereocenters. The van der Waals surface area contributed by atoms with Crippen LogP contribution in [-0.2, 0) is 6.54 Å². The smallest absolute Gasteiger partial charge is 0.0192 e. The van der Waals surface area contributed by atoms with E-state index in [4.69, 9.17) is 5.73 Å². The molecule has 2 rings (SSSR count). The van der Waals surface area contributed by atoms with Crippen LogP contribution in [-0.4, -0.2) is 0 Å². The van der Waals surface area contributed by atoms with E-state index in [9.17, 15) is 0 Å². The van der Waals surface area contributed by atoms with Gasteiger partial charge in [0.2, 0.25) is 0 Å². The van der Waals surface area contributed by atoms with Crippen molar-refractivity contribution < 1.29 is 0 Å². The second kappa shape index (κ2) is 3.95. The molecule has 1 aromatic heterocycles. The number of thiophene rings is 1. The van der Waals surface area contributed by atoms with Gasteiger partial charge in [0.1, 0.15) is 0 Å². The molecule has 1 nitrogen and oxygen atoms in total. The molecule has 1 aromatic carbocycles. The zero-order chi connectivity index (χ0) is 9.97. The van der Waals surface area contributed by atoms with Gasteiger partial charge in [-0.05, 0) is 34.4 Å². The molecule has 0 fully saturated rings. The van der Waals surface area contributed by atoms with Crippen LogP contribution in [0, 0.1) is 6.92 Å². The average molecular weight is 203 g/mol. The van der Waals surface area contributed by atoms with Crippen LogP contribution in [0.3, 0.4) is 0 Å². The van der Waals surface area contributed by atoms with Crippen LogP contribution in [0.2, 0.25) is 0 Å². The van der Waals surface area contributed by atoms with Gasteiger partial charge in [0.05, 0.1) is 0 Å². The molecule has 2 heteroatoms. The normalized spacial score (nSPS) is 10.4. The summed E-state index contributed by atoms with van der Waals surface area (Å²) in [6.07, 6.45) is 0. The number of nitrogens with two attached hydrogens (primary N) is 1. The summed E-state index contributed by atoms with van der Waals surface area (Å²) < 4.78 is 0. The Morgan fingerprint density at radius 2 is 2.14 bits per heavy atom. The molecule has 0 saturated heterocycles. The first-order valence-electron chi connectivity index (χ1n) is 4.63. The zero-order valence-corrected chi connectivity index (χ0v) is 8.97. The van der Waals surface area contributed by atoms with Crippen molar-refractivity contribution in [2.24, 2.45) is 5.73 Å². The van der Waals surface area contributed by atoms with Crippen molar-refractivity contribution in [3.63, 3.8) is 0 Å². The maximum atomic E-state index is 5.68. The van der Waals surface area contributed by atoms with Crippen molar-refractivity contribution >= 4 is 11.3 Å². The summed E-state index contributed by atoms with van der Waals surface area (Å²) in [6.45, 7) is 2.73. The summed E-state index contributed by atoms with van der Waals surface area (Å²) >= 11 is 1.71. The minimum atomic E-state index is 0.618. The lowest BCUT2D eigenvalue weighted by atomic mass is 10.0. The molecule has 14 heavy (non-hydrogen) atoms. The van der Waals surface area contributed by atoms with E-state index in [-0.39, 0.29) is 0 Å². The van der Waals surface area contributed by atoms with Crippen LogP contribution in [0.5, 0.6) is 0 Å². The van der Waals surface area contributed by atoms with Gasteiger partial charge >= 0.3 is 0 Å². The highest BCUT2D eigenvalue weighted by atomic mass is 32.1. The molecular weight excluding hydrogens is 190 g/mol. The van der Waals surface area contributed by atoms with Crippen molar-refractivity contribution in [2.75, 3.05) is 0 Å². The summed E-state index contributed by atoms with van der Waals surface area (Å²) in [5.41, 5.74) is 10.8. The van der Waals surface area contributed by atoms with E-state index in [1.165, 1.54) is 22.3 Å². The second-order valence-corrected chi connectivity index (χ2v) is 4.13. The molecule has 0 radical (unpaired) electrons. The maximum absolute atomic E-state index is 5.68. The lowest BCUT2D eigenvalue weighted by molar-refractivity contribution is 1.08. The molecule has 0 aliphatic carbocycles. The first-order chi connectivity index (χ1) is 6.81. The third-order valence-corrected chi connectivity index (χ3v) is 3.08. The van der Waals surface area contributed by atoms with E-state index in [1.54, 1.807) is 11.3 Å². The summed E-state index contributed by atoms with van der Waals surface area (Å²) in [7, 11) is 0. The number of aryl methyl sites for hydroxylation is 1. The Kier molecular flexibility index (Phi) is 2.66. The monoisotopic (exact) mass is 203 g/mol. The second-order valence-electron chi connectivity index (χ2n) is 3.38. The average Bonchev–Trinajstić information content (AvgIpc) is 2.65. The van der Waals surface area contributed by atoms with Crippen LogP contribution in [0.25, 0.3) is 11.1 Å². The van der Waals surface area contributed by atoms with Crippen LogP contribution in [0.1, 0.15) is 11.1 Å². The van der Waals surface area contributed by atoms with Gasteiger partial charge in [-0.2, -0.15) is 11.3 Å². The van der Waals surface area contributed by atoms with Gasteiger partial charge in [-0.1, -0.05) is 29.8 Å². The maximum Gasteiger partial charge on any atom is 0.0192 e. The Labute approximate surface area is 88.2 Å². The highest BCUT2D eigenvalue weighted by Gasteiger charge is 2.04. The summed E-state index contributed by atoms with van der Waals surface area (Å²) in [6, 6.07) is 8.52. The fraction of sp³-hybridized carbons (Fsp3) is 0.167. The van der Waals surface area contributed by atoms with E-state index >= 15 is 0 Å². The third-order valence-electron chi connectivity index (χ3n) is 2.29. The predicted molar refractivity (Wildman–Crippen MR) is 62.4 cm³/mol. The third kappa shape index (κ3) is 1.72. The Balaban J connectivity index is 2.49. The van der Waals surface area contributed by atoms with E-state index < -0.39 is 0 Å². The molecular formula is C12H13NS. The Morgan fingerprint density at radius 3 is 2.86 bits per heavy atom. The highest BCUT2D eigenvalue weighted by Crippen LogP contribution is 2.27. The minimum Gasteiger partial charge on any atom is -0.326 e. The topological polar surface area (TPSA) is 26.0 Å². The van der Waals surface area contributed by atoms with Crippen LogP contribution >= 0.6 is 11.3 Å². The summed E-state index contributed by atoms with van der Waals surface area (Å²) in [5, 5.41) is 4.29. The summed E-state index contributed by atoms with van der Waals surface area (Å²) in [5.74, 6) is 0. The van der Waals surface area contributed by atoms with Gasteiger partial charge in [0, 0.05) is 6.54 Å². The lowest BCUT2D eigenvalue weighted by Crippen LogP contribution is -1.95. The van der Waals surface area contributed by atoms with Crippen molar-refractivity contribution in [1.82, 2.24) is 0 Å². The van der Waals surface area contributed by atoms with Crippen LogP contribution in [0.4, 0.5) is 0 Å². The predicted octanol–water partition coefficient (Wildman–Crippen LogP) is 3.18. The van der Waals surface area contributed by atoms with Gasteiger partial charge < -0.3 is 5.73 Å². The van der Waals surface area contributed by atoms with Gasteiger partial charge in [0.15, 0.2) is 0 Å². The van der Waals surface area contributed by atoms with Crippen molar-refractivity contribution in [2.45, 2.75) is 13.5 Å². The zero-order valence-electron chi connectivity index (χ0n) is 8.16. The van der Waals surface area contributed by atoms with E-state index in [1.807, 2.05) is 0 Å². The molecule has 2 aromatic rings. The fourth-order valence-electron chi connectivity index (χ4n) is 1.55. The number of hydrogen-bond donors (Lipinski definition) is 1. The van der Waals surface area contributed by atoms with Gasteiger partial charge in [-0.15, -0.1) is 0 Å². The lowest BCUT2D eigenvalue weighted by Gasteiger charge is -2.02. The molecule has 0 amide bonds. The Morgan fingerprint density at radius 1 is 1.29 bits per heavy atom.